The Morgan fingerprint density at radius 1 is 1.08 bits per heavy atom. The first kappa shape index (κ1) is 37.6. The Morgan fingerprint density at radius 2 is 1.84 bits per heavy atom. The smallest absolute Gasteiger partial charge is 0.407 e. The van der Waals surface area contributed by atoms with E-state index < -0.39 is 52.1 Å². The van der Waals surface area contributed by atoms with Crippen LogP contribution in [0, 0.1) is 11.3 Å². The predicted molar refractivity (Wildman–Crippen MR) is 181 cm³/mol. The molecular weight excluding hydrogens is 670 g/mol. The topological polar surface area (TPSA) is 173 Å². The van der Waals surface area contributed by atoms with Gasteiger partial charge in [-0.15, -0.1) is 0 Å². The summed E-state index contributed by atoms with van der Waals surface area (Å²) in [6.45, 7) is 6.54. The van der Waals surface area contributed by atoms with Crippen molar-refractivity contribution in [3.63, 3.8) is 0 Å². The Labute approximate surface area is 293 Å². The normalized spacial score (nSPS) is 21.1. The summed E-state index contributed by atoms with van der Waals surface area (Å²) in [4.78, 5) is 25.9. The fraction of sp³-hybridized carbons (Fsp3) is 0.600. The number of amides is 2. The Hall–Kier alpha value is -3.63. The van der Waals surface area contributed by atoms with Crippen molar-refractivity contribution in [2.45, 2.75) is 82.2 Å². The largest absolute Gasteiger partial charge is 0.465 e. The molecule has 3 N–H and O–H groups in total. The molecule has 2 saturated heterocycles. The lowest BCUT2D eigenvalue weighted by Gasteiger charge is -2.40. The van der Waals surface area contributed by atoms with Crippen LogP contribution in [0.15, 0.2) is 53.4 Å². The van der Waals surface area contributed by atoms with Gasteiger partial charge in [0.15, 0.2) is 17.8 Å². The van der Waals surface area contributed by atoms with Crippen LogP contribution < -0.4 is 14.8 Å². The van der Waals surface area contributed by atoms with Gasteiger partial charge < -0.3 is 39.2 Å². The quantitative estimate of drug-likeness (QED) is 0.201. The molecule has 2 aromatic rings. The van der Waals surface area contributed by atoms with Crippen LogP contribution in [0.1, 0.15) is 52.0 Å². The summed E-state index contributed by atoms with van der Waals surface area (Å²) >= 11 is 0. The van der Waals surface area contributed by atoms with Crippen molar-refractivity contribution in [3.8, 4) is 11.5 Å². The highest BCUT2D eigenvalue weighted by Gasteiger charge is 2.49. The van der Waals surface area contributed by atoms with Crippen LogP contribution >= 0.6 is 0 Å². The molecule has 2 aromatic carbocycles. The van der Waals surface area contributed by atoms with E-state index in [4.69, 9.17) is 23.7 Å². The maximum Gasteiger partial charge on any atom is 0.407 e. The number of aliphatic hydroxyl groups is 1. The van der Waals surface area contributed by atoms with Crippen molar-refractivity contribution in [1.82, 2.24) is 14.5 Å². The van der Waals surface area contributed by atoms with Crippen LogP contribution in [-0.4, -0.2) is 111 Å². The van der Waals surface area contributed by atoms with Gasteiger partial charge in [-0.05, 0) is 62.1 Å². The van der Waals surface area contributed by atoms with Crippen molar-refractivity contribution >= 4 is 22.2 Å². The van der Waals surface area contributed by atoms with E-state index in [2.05, 4.69) is 5.32 Å². The number of rotatable bonds is 17. The third-order valence-corrected chi connectivity index (χ3v) is 11.3. The van der Waals surface area contributed by atoms with Gasteiger partial charge in [0.05, 0.1) is 42.9 Å². The summed E-state index contributed by atoms with van der Waals surface area (Å²) < 4.78 is 57.6. The van der Waals surface area contributed by atoms with Crippen LogP contribution in [0.3, 0.4) is 0 Å². The standard InChI is InChI=1S/C35H49N3O11S/c1-4-36-33(40)46-16-9-8-15-35(2,3)22-37(50(43,44)25-12-13-30-31(19-25)49-23-48-30)20-29(39)27(18-24-10-6-5-7-11-24)38(34(41)42)28-21-47-32-26(28)14-17-45-32/h5-7,10-13,19,26-29,32,39H,4,8-9,14-18,20-23H2,1-3H3,(H,36,40)(H,41,42)/t26-,27-,28-,29+,32+/m0/s1. The number of benzene rings is 2. The van der Waals surface area contributed by atoms with E-state index in [1.54, 1.807) is 6.92 Å². The zero-order valence-corrected chi connectivity index (χ0v) is 29.7. The first-order valence-electron chi connectivity index (χ1n) is 17.2. The zero-order chi connectivity index (χ0) is 35.9. The van der Waals surface area contributed by atoms with Gasteiger partial charge in [-0.25, -0.2) is 18.0 Å². The molecule has 14 nitrogen and oxygen atoms in total. The van der Waals surface area contributed by atoms with Crippen molar-refractivity contribution < 1.29 is 51.9 Å². The molecule has 2 amide bonds. The highest BCUT2D eigenvalue weighted by molar-refractivity contribution is 7.89. The van der Waals surface area contributed by atoms with Gasteiger partial charge >= 0.3 is 12.2 Å². The molecule has 0 radical (unpaired) electrons. The molecule has 3 heterocycles. The summed E-state index contributed by atoms with van der Waals surface area (Å²) in [6.07, 6.45) is -1.07. The third kappa shape index (κ3) is 9.18. The number of hydrogen-bond donors (Lipinski definition) is 3. The SMILES string of the molecule is CCNC(=O)OCCCCC(C)(C)CN(C[C@@H](O)[C@H](Cc1ccccc1)N(C(=O)O)[C@H]1CO[C@H]2OCC[C@H]21)S(=O)(=O)c1ccc2c(c1)OCO2. The van der Waals surface area contributed by atoms with E-state index in [-0.39, 0.29) is 50.3 Å². The van der Waals surface area contributed by atoms with E-state index in [0.29, 0.717) is 50.3 Å². The Balaban J connectivity index is 1.42. The second kappa shape index (κ2) is 16.6. The van der Waals surface area contributed by atoms with Gasteiger partial charge in [-0.3, -0.25) is 4.90 Å². The summed E-state index contributed by atoms with van der Waals surface area (Å²) in [5, 5.41) is 25.3. The third-order valence-electron chi connectivity index (χ3n) is 9.45. The number of nitrogens with one attached hydrogen (secondary N) is 1. The Morgan fingerprint density at radius 3 is 2.58 bits per heavy atom. The highest BCUT2D eigenvalue weighted by atomic mass is 32.2. The lowest BCUT2D eigenvalue weighted by Crippen LogP contribution is -2.58. The minimum atomic E-state index is -4.24. The second-order valence-electron chi connectivity index (χ2n) is 13.7. The number of carbonyl (C=O) groups is 2. The van der Waals surface area contributed by atoms with E-state index in [9.17, 15) is 28.2 Å². The molecule has 5 rings (SSSR count). The fourth-order valence-electron chi connectivity index (χ4n) is 6.92. The molecule has 3 aliphatic heterocycles. The molecule has 0 saturated carbocycles. The highest BCUT2D eigenvalue weighted by Crippen LogP contribution is 2.38. The number of sulfonamides is 1. The Kier molecular flexibility index (Phi) is 12.5. The molecular formula is C35H49N3O11S. The van der Waals surface area contributed by atoms with Gasteiger partial charge in [0, 0.05) is 31.6 Å². The lowest BCUT2D eigenvalue weighted by atomic mass is 9.87. The molecule has 0 unspecified atom stereocenters. The molecule has 276 valence electrons. The molecule has 50 heavy (non-hydrogen) atoms. The molecule has 5 atom stereocenters. The molecule has 0 aliphatic carbocycles. The van der Waals surface area contributed by atoms with Gasteiger partial charge in [0.2, 0.25) is 16.8 Å². The van der Waals surface area contributed by atoms with Crippen molar-refractivity contribution in [2.75, 3.05) is 46.2 Å². The maximum atomic E-state index is 14.4. The van der Waals surface area contributed by atoms with Crippen LogP contribution in [0.25, 0.3) is 0 Å². The average Bonchev–Trinajstić information content (AvgIpc) is 3.83. The Bertz CT molecular complexity index is 1560. The molecule has 15 heteroatoms. The van der Waals surface area contributed by atoms with Crippen LogP contribution in [-0.2, 0) is 30.7 Å². The molecule has 3 aliphatic rings. The summed E-state index contributed by atoms with van der Waals surface area (Å²) in [7, 11) is -4.24. The zero-order valence-electron chi connectivity index (χ0n) is 28.9. The summed E-state index contributed by atoms with van der Waals surface area (Å²) in [5.74, 6) is 0.520. The second-order valence-corrected chi connectivity index (χ2v) is 15.6. The predicted octanol–water partition coefficient (Wildman–Crippen LogP) is 4.06. The first-order chi connectivity index (χ1) is 23.9. The van der Waals surface area contributed by atoms with Gasteiger partial charge in [-0.1, -0.05) is 44.2 Å². The van der Waals surface area contributed by atoms with Crippen molar-refractivity contribution in [2.24, 2.45) is 11.3 Å². The molecule has 0 bridgehead atoms. The number of alkyl carbamates (subject to hydrolysis) is 1. The lowest BCUT2D eigenvalue weighted by molar-refractivity contribution is -0.0906. The number of carbonyl (C=O) groups excluding carboxylic acids is 1. The summed E-state index contributed by atoms with van der Waals surface area (Å²) in [5.41, 5.74) is 0.213. The van der Waals surface area contributed by atoms with Crippen LogP contribution in [0.2, 0.25) is 0 Å². The van der Waals surface area contributed by atoms with Gasteiger partial charge in [0.1, 0.15) is 0 Å². The number of ether oxygens (including phenoxy) is 5. The summed E-state index contributed by atoms with van der Waals surface area (Å²) in [6, 6.07) is 12.0. The average molecular weight is 720 g/mol. The minimum Gasteiger partial charge on any atom is -0.465 e. The van der Waals surface area contributed by atoms with E-state index in [0.717, 1.165) is 5.56 Å². The number of hydrogen-bond acceptors (Lipinski definition) is 10. The number of carboxylic acid groups (broad SMARTS) is 1. The molecule has 0 aromatic heterocycles. The number of fused-ring (bicyclic) bond motifs is 2. The minimum absolute atomic E-state index is 0.0220. The first-order valence-corrected chi connectivity index (χ1v) is 18.6. The number of nitrogens with zero attached hydrogens (tertiary/aromatic N) is 2. The number of aliphatic hydroxyl groups excluding tert-OH is 1. The van der Waals surface area contributed by atoms with E-state index >= 15 is 0 Å². The van der Waals surface area contributed by atoms with E-state index in [1.165, 1.54) is 27.4 Å². The molecule has 0 spiro atoms. The van der Waals surface area contributed by atoms with Gasteiger partial charge in [-0.2, -0.15) is 4.31 Å². The number of unbranched alkanes of at least 4 members (excludes halogenated alkanes) is 1. The fourth-order valence-corrected chi connectivity index (χ4v) is 8.58. The van der Waals surface area contributed by atoms with Crippen molar-refractivity contribution in [1.29, 1.82) is 0 Å². The van der Waals surface area contributed by atoms with Crippen LogP contribution in [0.4, 0.5) is 9.59 Å². The maximum absolute atomic E-state index is 14.4. The van der Waals surface area contributed by atoms with Gasteiger partial charge in [0.25, 0.3) is 0 Å². The molecule has 2 fully saturated rings. The van der Waals surface area contributed by atoms with Crippen LogP contribution in [0.5, 0.6) is 11.5 Å². The van der Waals surface area contributed by atoms with Crippen molar-refractivity contribution in [3.05, 3.63) is 54.1 Å². The van der Waals surface area contributed by atoms with E-state index in [1.807, 2.05) is 44.2 Å². The monoisotopic (exact) mass is 719 g/mol.